The summed E-state index contributed by atoms with van der Waals surface area (Å²) in [6.07, 6.45) is 6.13. The standard InChI is InChI=1S/C10H16N2O/c1-2-8-6-12(7-8)9-3-4-11-5-10(9)13/h1,8-11,13H,3-7H2/t9-,10+/m0/s1. The fourth-order valence-corrected chi connectivity index (χ4v) is 2.14. The molecule has 2 saturated heterocycles. The summed E-state index contributed by atoms with van der Waals surface area (Å²) in [5.74, 6) is 3.16. The first-order valence-electron chi connectivity index (χ1n) is 4.90. The van der Waals surface area contributed by atoms with Gasteiger partial charge < -0.3 is 10.4 Å². The minimum Gasteiger partial charge on any atom is -0.390 e. The average molecular weight is 180 g/mol. The van der Waals surface area contributed by atoms with Gasteiger partial charge in [0.15, 0.2) is 0 Å². The summed E-state index contributed by atoms with van der Waals surface area (Å²) in [6, 6.07) is 0.339. The van der Waals surface area contributed by atoms with Crippen LogP contribution in [0.15, 0.2) is 0 Å². The lowest BCUT2D eigenvalue weighted by atomic mass is 9.93. The Hall–Kier alpha value is -0.560. The first kappa shape index (κ1) is 9.01. The lowest BCUT2D eigenvalue weighted by Crippen LogP contribution is -2.60. The number of aliphatic hydroxyl groups excluding tert-OH is 1. The van der Waals surface area contributed by atoms with Gasteiger partial charge in [-0.15, -0.1) is 12.3 Å². The molecule has 3 heteroatoms. The van der Waals surface area contributed by atoms with E-state index in [-0.39, 0.29) is 6.10 Å². The zero-order valence-corrected chi connectivity index (χ0v) is 7.74. The normalized spacial score (nSPS) is 36.6. The van der Waals surface area contributed by atoms with Crippen molar-refractivity contribution >= 4 is 0 Å². The summed E-state index contributed by atoms with van der Waals surface area (Å²) in [7, 11) is 0. The van der Waals surface area contributed by atoms with Crippen LogP contribution in [0, 0.1) is 18.3 Å². The van der Waals surface area contributed by atoms with E-state index in [0.717, 1.165) is 32.6 Å². The number of nitrogens with one attached hydrogen (secondary N) is 1. The molecular weight excluding hydrogens is 164 g/mol. The summed E-state index contributed by atoms with van der Waals surface area (Å²) in [4.78, 5) is 2.30. The SMILES string of the molecule is C#CC1CN([C@H]2CCNC[C@H]2O)C1. The van der Waals surface area contributed by atoms with Crippen molar-refractivity contribution in [1.29, 1.82) is 0 Å². The van der Waals surface area contributed by atoms with Gasteiger partial charge in [-0.2, -0.15) is 0 Å². The largest absolute Gasteiger partial charge is 0.390 e. The summed E-state index contributed by atoms with van der Waals surface area (Å²) in [5.41, 5.74) is 0. The maximum Gasteiger partial charge on any atom is 0.0819 e. The van der Waals surface area contributed by atoms with Gasteiger partial charge in [0.05, 0.1) is 6.10 Å². The van der Waals surface area contributed by atoms with E-state index in [1.54, 1.807) is 0 Å². The molecule has 0 amide bonds. The Morgan fingerprint density at radius 2 is 2.23 bits per heavy atom. The van der Waals surface area contributed by atoms with Crippen molar-refractivity contribution in [3.05, 3.63) is 0 Å². The van der Waals surface area contributed by atoms with E-state index in [0.29, 0.717) is 12.0 Å². The first-order chi connectivity index (χ1) is 6.31. The third-order valence-electron chi connectivity index (χ3n) is 3.03. The van der Waals surface area contributed by atoms with Crippen LogP contribution in [0.5, 0.6) is 0 Å². The Kier molecular flexibility index (Phi) is 2.54. The molecule has 2 aliphatic heterocycles. The quantitative estimate of drug-likeness (QED) is 0.522. The van der Waals surface area contributed by atoms with Gasteiger partial charge in [-0.1, -0.05) is 0 Å². The third-order valence-corrected chi connectivity index (χ3v) is 3.03. The molecule has 0 saturated carbocycles. The van der Waals surface area contributed by atoms with Crippen molar-refractivity contribution in [1.82, 2.24) is 10.2 Å². The molecule has 0 radical (unpaired) electrons. The van der Waals surface area contributed by atoms with Crippen LogP contribution in [0.3, 0.4) is 0 Å². The summed E-state index contributed by atoms with van der Waals surface area (Å²) in [6.45, 7) is 3.68. The van der Waals surface area contributed by atoms with Crippen molar-refractivity contribution in [3.63, 3.8) is 0 Å². The highest BCUT2D eigenvalue weighted by Crippen LogP contribution is 2.22. The molecule has 0 spiro atoms. The van der Waals surface area contributed by atoms with Crippen LogP contribution >= 0.6 is 0 Å². The molecule has 0 aliphatic carbocycles. The molecular formula is C10H16N2O. The fraction of sp³-hybridized carbons (Fsp3) is 0.800. The minimum atomic E-state index is -0.215. The molecule has 2 heterocycles. The molecule has 0 aromatic rings. The van der Waals surface area contributed by atoms with Crippen molar-refractivity contribution in [2.24, 2.45) is 5.92 Å². The molecule has 0 aromatic heterocycles. The number of hydrogen-bond acceptors (Lipinski definition) is 3. The second-order valence-electron chi connectivity index (χ2n) is 3.94. The summed E-state index contributed by atoms with van der Waals surface area (Å²) in [5, 5.41) is 12.9. The molecule has 13 heavy (non-hydrogen) atoms. The molecule has 2 fully saturated rings. The zero-order valence-electron chi connectivity index (χ0n) is 7.74. The van der Waals surface area contributed by atoms with Crippen molar-refractivity contribution in [2.45, 2.75) is 18.6 Å². The van der Waals surface area contributed by atoms with Crippen LogP contribution in [0.1, 0.15) is 6.42 Å². The zero-order chi connectivity index (χ0) is 9.26. The van der Waals surface area contributed by atoms with Crippen LogP contribution in [0.25, 0.3) is 0 Å². The van der Waals surface area contributed by atoms with Gasteiger partial charge in [-0.05, 0) is 13.0 Å². The van der Waals surface area contributed by atoms with Gasteiger partial charge >= 0.3 is 0 Å². The number of likely N-dealkylation sites (tertiary alicyclic amines) is 1. The molecule has 0 bridgehead atoms. The van der Waals surface area contributed by atoms with E-state index in [2.05, 4.69) is 16.1 Å². The van der Waals surface area contributed by atoms with Crippen LogP contribution in [-0.2, 0) is 0 Å². The second-order valence-corrected chi connectivity index (χ2v) is 3.94. The molecule has 72 valence electrons. The van der Waals surface area contributed by atoms with E-state index in [9.17, 15) is 5.11 Å². The highest BCUT2D eigenvalue weighted by molar-refractivity contribution is 5.04. The molecule has 2 rings (SSSR count). The van der Waals surface area contributed by atoms with Crippen LogP contribution in [0.2, 0.25) is 0 Å². The first-order valence-corrected chi connectivity index (χ1v) is 4.90. The number of β-amino-alcohol motifs (C(OH)–C–C–N with tert-alkyl or cyclic N) is 1. The second kappa shape index (κ2) is 3.67. The Morgan fingerprint density at radius 3 is 2.85 bits per heavy atom. The smallest absolute Gasteiger partial charge is 0.0819 e. The molecule has 2 atom stereocenters. The van der Waals surface area contributed by atoms with Crippen LogP contribution in [-0.4, -0.2) is 48.3 Å². The van der Waals surface area contributed by atoms with E-state index in [1.165, 1.54) is 0 Å². The molecule has 0 aromatic carbocycles. The molecule has 0 unspecified atom stereocenters. The average Bonchev–Trinajstić information content (AvgIpc) is 2.06. The Bertz CT molecular complexity index is 217. The molecule has 2 aliphatic rings. The number of hydrogen-bond donors (Lipinski definition) is 2. The maximum absolute atomic E-state index is 9.71. The predicted molar refractivity (Wildman–Crippen MR) is 51.2 cm³/mol. The number of nitrogens with zero attached hydrogens (tertiary/aromatic N) is 1. The lowest BCUT2D eigenvalue weighted by Gasteiger charge is -2.45. The Morgan fingerprint density at radius 1 is 1.46 bits per heavy atom. The number of piperidine rings is 1. The number of aliphatic hydroxyl groups is 1. The number of terminal acetylenes is 1. The highest BCUT2D eigenvalue weighted by atomic mass is 16.3. The topological polar surface area (TPSA) is 35.5 Å². The highest BCUT2D eigenvalue weighted by Gasteiger charge is 2.35. The van der Waals surface area contributed by atoms with E-state index >= 15 is 0 Å². The minimum absolute atomic E-state index is 0.215. The Balaban J connectivity index is 1.84. The van der Waals surface area contributed by atoms with Gasteiger partial charge in [0.25, 0.3) is 0 Å². The van der Waals surface area contributed by atoms with Gasteiger partial charge in [-0.25, -0.2) is 0 Å². The van der Waals surface area contributed by atoms with E-state index in [4.69, 9.17) is 6.42 Å². The van der Waals surface area contributed by atoms with E-state index < -0.39 is 0 Å². The summed E-state index contributed by atoms with van der Waals surface area (Å²) < 4.78 is 0. The van der Waals surface area contributed by atoms with Crippen molar-refractivity contribution in [3.8, 4) is 12.3 Å². The third kappa shape index (κ3) is 1.71. The molecule has 3 nitrogen and oxygen atoms in total. The molecule has 2 N–H and O–H groups in total. The van der Waals surface area contributed by atoms with Crippen LogP contribution in [0.4, 0.5) is 0 Å². The van der Waals surface area contributed by atoms with Crippen molar-refractivity contribution in [2.75, 3.05) is 26.2 Å². The van der Waals surface area contributed by atoms with Crippen molar-refractivity contribution < 1.29 is 5.11 Å². The van der Waals surface area contributed by atoms with Gasteiger partial charge in [0.1, 0.15) is 0 Å². The fourth-order valence-electron chi connectivity index (χ4n) is 2.14. The predicted octanol–water partition coefficient (Wildman–Crippen LogP) is -0.726. The number of rotatable bonds is 1. The maximum atomic E-state index is 9.71. The van der Waals surface area contributed by atoms with Crippen LogP contribution < -0.4 is 5.32 Å². The van der Waals surface area contributed by atoms with Gasteiger partial charge in [-0.3, -0.25) is 4.90 Å². The summed E-state index contributed by atoms with van der Waals surface area (Å²) >= 11 is 0. The van der Waals surface area contributed by atoms with Gasteiger partial charge in [0.2, 0.25) is 0 Å². The lowest BCUT2D eigenvalue weighted by molar-refractivity contribution is -0.0163. The van der Waals surface area contributed by atoms with E-state index in [1.807, 2.05) is 0 Å². The Labute approximate surface area is 79.1 Å². The monoisotopic (exact) mass is 180 g/mol. The van der Waals surface area contributed by atoms with Gasteiger partial charge in [0, 0.05) is 31.6 Å².